The van der Waals surface area contributed by atoms with Crippen LogP contribution < -0.4 is 0 Å². The molecule has 2 rings (SSSR count). The summed E-state index contributed by atoms with van der Waals surface area (Å²) in [5.41, 5.74) is 0.0171. The Bertz CT molecular complexity index is 715. The van der Waals surface area contributed by atoms with E-state index in [4.69, 9.17) is 4.74 Å². The van der Waals surface area contributed by atoms with Crippen LogP contribution in [0, 0.1) is 10.8 Å². The highest BCUT2D eigenvalue weighted by Gasteiger charge is 2.48. The lowest BCUT2D eigenvalue weighted by Crippen LogP contribution is -2.51. The molecule has 0 radical (unpaired) electrons. The van der Waals surface area contributed by atoms with Gasteiger partial charge in [0.1, 0.15) is 0 Å². The highest BCUT2D eigenvalue weighted by Crippen LogP contribution is 2.46. The number of allylic oxidation sites excluding steroid dienone is 2. The van der Waals surface area contributed by atoms with E-state index in [1.165, 1.54) is 0 Å². The molecule has 0 aromatic rings. The Hall–Kier alpha value is -1.84. The minimum absolute atomic E-state index is 0.264. The quantitative estimate of drug-likeness (QED) is 0.247. The summed E-state index contributed by atoms with van der Waals surface area (Å²) in [5, 5.41) is 60.2. The van der Waals surface area contributed by atoms with Crippen molar-refractivity contribution in [3.8, 4) is 0 Å². The first-order valence-corrected chi connectivity index (χ1v) is 10.3. The highest BCUT2D eigenvalue weighted by molar-refractivity contribution is 5.40. The third-order valence-corrected chi connectivity index (χ3v) is 6.05. The van der Waals surface area contributed by atoms with Crippen LogP contribution in [0.5, 0.6) is 0 Å². The summed E-state index contributed by atoms with van der Waals surface area (Å²) >= 11 is 0. The minimum atomic E-state index is -0.996. The van der Waals surface area contributed by atoms with Gasteiger partial charge in [-0.05, 0) is 35.1 Å². The fourth-order valence-electron chi connectivity index (χ4n) is 4.62. The normalized spacial score (nSPS) is 30.8. The van der Waals surface area contributed by atoms with E-state index in [1.807, 2.05) is 0 Å². The zero-order valence-electron chi connectivity index (χ0n) is 17.8. The average molecular weight is 435 g/mol. The lowest BCUT2D eigenvalue weighted by molar-refractivity contribution is -0.102. The predicted octanol–water partition coefficient (Wildman–Crippen LogP) is 0.552. The van der Waals surface area contributed by atoms with Crippen LogP contribution in [-0.2, 0) is 4.74 Å². The van der Waals surface area contributed by atoms with E-state index in [2.05, 4.69) is 13.2 Å². The predicted molar refractivity (Wildman–Crippen MR) is 118 cm³/mol. The van der Waals surface area contributed by atoms with E-state index in [0.717, 1.165) is 0 Å². The Morgan fingerprint density at radius 1 is 0.710 bits per heavy atom. The number of hydrogen-bond donors (Lipinski definition) is 6. The van der Waals surface area contributed by atoms with Crippen LogP contribution in [0.25, 0.3) is 0 Å². The minimum Gasteiger partial charge on any atom is -0.395 e. The molecule has 6 N–H and O–H groups in total. The molecule has 0 saturated heterocycles. The first-order chi connectivity index (χ1) is 14.9. The van der Waals surface area contributed by atoms with Gasteiger partial charge in [-0.25, -0.2) is 0 Å². The summed E-state index contributed by atoms with van der Waals surface area (Å²) in [7, 11) is 0. The molecule has 0 bridgehead atoms. The van der Waals surface area contributed by atoms with Crippen molar-refractivity contribution in [3.05, 3.63) is 71.9 Å². The van der Waals surface area contributed by atoms with Gasteiger partial charge in [0.2, 0.25) is 0 Å². The zero-order valence-corrected chi connectivity index (χ0v) is 17.8. The Balaban J connectivity index is 2.61. The van der Waals surface area contributed by atoms with Gasteiger partial charge < -0.3 is 35.4 Å². The van der Waals surface area contributed by atoms with Gasteiger partial charge in [-0.2, -0.15) is 0 Å². The molecule has 7 heteroatoms. The van der Waals surface area contributed by atoms with Gasteiger partial charge in [0.15, 0.2) is 0 Å². The zero-order chi connectivity index (χ0) is 23.1. The second kappa shape index (κ2) is 11.2. The second-order valence-electron chi connectivity index (χ2n) is 8.17. The van der Waals surface area contributed by atoms with Crippen molar-refractivity contribution < 1.29 is 35.4 Å². The van der Waals surface area contributed by atoms with Gasteiger partial charge in [-0.3, -0.25) is 0 Å². The van der Waals surface area contributed by atoms with E-state index < -0.39 is 23.0 Å². The van der Waals surface area contributed by atoms with Crippen molar-refractivity contribution >= 4 is 0 Å². The van der Waals surface area contributed by atoms with Crippen molar-refractivity contribution in [1.82, 2.24) is 0 Å². The maximum absolute atomic E-state index is 10.4. The van der Waals surface area contributed by atoms with Crippen LogP contribution in [0.3, 0.4) is 0 Å². The maximum atomic E-state index is 10.4. The van der Waals surface area contributed by atoms with E-state index in [9.17, 15) is 30.6 Å². The molecule has 0 saturated carbocycles. The smallest absolute Gasteiger partial charge is 0.0934 e. The van der Waals surface area contributed by atoms with Gasteiger partial charge in [0.05, 0.1) is 51.8 Å². The number of rotatable bonds is 12. The third kappa shape index (κ3) is 4.99. The topological polar surface area (TPSA) is 131 Å². The van der Waals surface area contributed by atoms with Crippen LogP contribution in [-0.4, -0.2) is 82.5 Å². The monoisotopic (exact) mass is 434 g/mol. The second-order valence-corrected chi connectivity index (χ2v) is 8.17. The van der Waals surface area contributed by atoms with Gasteiger partial charge >= 0.3 is 0 Å². The highest BCUT2D eigenvalue weighted by atomic mass is 16.5. The van der Waals surface area contributed by atoms with E-state index in [0.29, 0.717) is 35.1 Å². The number of hydrogen-bond acceptors (Lipinski definition) is 7. The first-order valence-electron chi connectivity index (χ1n) is 10.3. The summed E-state index contributed by atoms with van der Waals surface area (Å²) in [4.78, 5) is 0. The summed E-state index contributed by atoms with van der Waals surface area (Å²) in [6, 6.07) is 0. The standard InChI is InChI=1S/C24H34O7/c1-3-5-23(15-29)9-17(11-25)7-19(13-27)21(23)31-22-20(14-28)8-18(12-26)10-24(22,16-30)6-4-2/h3-4,7-10,21-22,25-30H,1-2,5-6,11-16H2. The van der Waals surface area contributed by atoms with Crippen LogP contribution in [0.1, 0.15) is 12.8 Å². The Morgan fingerprint density at radius 2 is 1.10 bits per heavy atom. The number of aliphatic hydroxyl groups excluding tert-OH is 6. The third-order valence-electron chi connectivity index (χ3n) is 6.05. The molecular weight excluding hydrogens is 400 g/mol. The van der Waals surface area contributed by atoms with Gasteiger partial charge in [-0.15, -0.1) is 13.2 Å². The van der Waals surface area contributed by atoms with Gasteiger partial charge in [-0.1, -0.05) is 36.5 Å². The summed E-state index contributed by atoms with van der Waals surface area (Å²) in [6.45, 7) is 5.63. The fourth-order valence-corrected chi connectivity index (χ4v) is 4.62. The molecule has 4 unspecified atom stereocenters. The lowest BCUT2D eigenvalue weighted by Gasteiger charge is -2.47. The molecule has 4 atom stereocenters. The molecule has 0 heterocycles. The van der Waals surface area contributed by atoms with E-state index in [1.54, 1.807) is 36.5 Å². The van der Waals surface area contributed by atoms with E-state index >= 15 is 0 Å². The Morgan fingerprint density at radius 3 is 1.35 bits per heavy atom. The molecule has 0 aromatic heterocycles. The van der Waals surface area contributed by atoms with Crippen molar-refractivity contribution in [2.45, 2.75) is 25.0 Å². The lowest BCUT2D eigenvalue weighted by atomic mass is 9.69. The molecule has 31 heavy (non-hydrogen) atoms. The maximum Gasteiger partial charge on any atom is 0.0934 e. The molecule has 0 aromatic carbocycles. The molecule has 2 aliphatic carbocycles. The summed E-state index contributed by atoms with van der Waals surface area (Å²) in [5.74, 6) is 0. The molecule has 0 spiro atoms. The van der Waals surface area contributed by atoms with E-state index in [-0.39, 0.29) is 39.6 Å². The molecule has 7 nitrogen and oxygen atoms in total. The molecule has 0 aliphatic heterocycles. The Labute approximate surface area is 183 Å². The average Bonchev–Trinajstić information content (AvgIpc) is 2.80. The van der Waals surface area contributed by atoms with Crippen molar-refractivity contribution in [2.24, 2.45) is 10.8 Å². The Kier molecular flexibility index (Phi) is 9.14. The molecule has 2 aliphatic rings. The SMILES string of the molecule is C=CCC1(CO)C=C(CO)C=C(CO)C1OC1C(CO)=CC(CO)=CC1(CO)CC=C. The van der Waals surface area contributed by atoms with Gasteiger partial charge in [0.25, 0.3) is 0 Å². The van der Waals surface area contributed by atoms with Crippen LogP contribution >= 0.6 is 0 Å². The fraction of sp³-hybridized carbons (Fsp3) is 0.500. The van der Waals surface area contributed by atoms with Crippen molar-refractivity contribution in [3.63, 3.8) is 0 Å². The molecule has 0 fully saturated rings. The van der Waals surface area contributed by atoms with Crippen LogP contribution in [0.2, 0.25) is 0 Å². The van der Waals surface area contributed by atoms with Crippen molar-refractivity contribution in [1.29, 1.82) is 0 Å². The van der Waals surface area contributed by atoms with Crippen LogP contribution in [0.15, 0.2) is 71.9 Å². The van der Waals surface area contributed by atoms with Crippen molar-refractivity contribution in [2.75, 3.05) is 39.6 Å². The molecule has 0 amide bonds. The molecule has 172 valence electrons. The first kappa shape index (κ1) is 25.4. The van der Waals surface area contributed by atoms with Crippen LogP contribution in [0.4, 0.5) is 0 Å². The summed E-state index contributed by atoms with van der Waals surface area (Å²) in [6.07, 6.45) is 9.00. The number of ether oxygens (including phenoxy) is 1. The summed E-state index contributed by atoms with van der Waals surface area (Å²) < 4.78 is 6.52. The molecular formula is C24H34O7. The number of aliphatic hydroxyl groups is 6. The largest absolute Gasteiger partial charge is 0.395 e. The van der Waals surface area contributed by atoms with Gasteiger partial charge in [0, 0.05) is 10.8 Å².